The summed E-state index contributed by atoms with van der Waals surface area (Å²) in [6, 6.07) is 0. The standard InChI is InChI=1S/C15H24O4/c1-2-6-13-12(5-1)11-17-15(18-13)16-10-9-14(19-15)7-3-4-8-14/h12-13H,1-11H2. The highest BCUT2D eigenvalue weighted by atomic mass is 17.0. The molecular weight excluding hydrogens is 244 g/mol. The van der Waals surface area contributed by atoms with Crippen molar-refractivity contribution in [3.63, 3.8) is 0 Å². The van der Waals surface area contributed by atoms with Crippen LogP contribution in [0.3, 0.4) is 0 Å². The van der Waals surface area contributed by atoms with Gasteiger partial charge in [-0.1, -0.05) is 25.7 Å². The Balaban J connectivity index is 1.50. The normalized spacial score (nSPS) is 45.5. The Bertz CT molecular complexity index is 339. The Morgan fingerprint density at radius 2 is 1.68 bits per heavy atom. The largest absolute Gasteiger partial charge is 0.413 e. The van der Waals surface area contributed by atoms with Crippen molar-refractivity contribution < 1.29 is 18.9 Å². The van der Waals surface area contributed by atoms with Gasteiger partial charge < -0.3 is 9.47 Å². The molecule has 4 fully saturated rings. The second-order valence-electron chi connectivity index (χ2n) is 6.60. The molecule has 108 valence electrons. The number of rotatable bonds is 0. The average Bonchev–Trinajstić information content (AvgIpc) is 2.86. The summed E-state index contributed by atoms with van der Waals surface area (Å²) >= 11 is 0. The van der Waals surface area contributed by atoms with Crippen molar-refractivity contribution >= 4 is 0 Å². The summed E-state index contributed by atoms with van der Waals surface area (Å²) in [4.78, 5) is 0. The van der Waals surface area contributed by atoms with E-state index in [1.54, 1.807) is 0 Å². The van der Waals surface area contributed by atoms with E-state index in [1.807, 2.05) is 0 Å². The van der Waals surface area contributed by atoms with Crippen molar-refractivity contribution in [1.29, 1.82) is 0 Å². The quantitative estimate of drug-likeness (QED) is 0.677. The number of hydrogen-bond donors (Lipinski definition) is 0. The molecule has 2 saturated carbocycles. The lowest BCUT2D eigenvalue weighted by molar-refractivity contribution is -0.564. The van der Waals surface area contributed by atoms with Gasteiger partial charge in [0.05, 0.1) is 24.9 Å². The lowest BCUT2D eigenvalue weighted by Crippen LogP contribution is -2.59. The topological polar surface area (TPSA) is 36.9 Å². The highest BCUT2D eigenvalue weighted by Crippen LogP contribution is 2.46. The van der Waals surface area contributed by atoms with Gasteiger partial charge in [0.2, 0.25) is 0 Å². The van der Waals surface area contributed by atoms with Gasteiger partial charge in [-0.05, 0) is 25.7 Å². The smallest absolute Gasteiger partial charge is 0.303 e. The van der Waals surface area contributed by atoms with Crippen LogP contribution in [-0.2, 0) is 18.9 Å². The van der Waals surface area contributed by atoms with Crippen LogP contribution >= 0.6 is 0 Å². The molecule has 0 aromatic rings. The summed E-state index contributed by atoms with van der Waals surface area (Å²) in [5.74, 6) is 0.535. The van der Waals surface area contributed by atoms with Gasteiger partial charge in [-0.2, -0.15) is 0 Å². The third-order valence-electron chi connectivity index (χ3n) is 5.30. The highest BCUT2D eigenvalue weighted by molar-refractivity contribution is 4.90. The molecule has 0 aromatic carbocycles. The van der Waals surface area contributed by atoms with E-state index < -0.39 is 6.16 Å². The minimum atomic E-state index is -1.18. The minimum absolute atomic E-state index is 0.0419. The Morgan fingerprint density at radius 3 is 2.58 bits per heavy atom. The third-order valence-corrected chi connectivity index (χ3v) is 5.30. The lowest BCUT2D eigenvalue weighted by atomic mass is 9.86. The number of ether oxygens (including phenoxy) is 4. The van der Waals surface area contributed by atoms with Crippen molar-refractivity contribution in [2.45, 2.75) is 75.7 Å². The SMILES string of the molecule is C1CCC2OC3(OCCC4(CCCC4)O3)OCC2C1. The van der Waals surface area contributed by atoms with Crippen molar-refractivity contribution in [2.75, 3.05) is 13.2 Å². The molecule has 4 rings (SSSR count). The summed E-state index contributed by atoms with van der Waals surface area (Å²) < 4.78 is 24.1. The predicted molar refractivity (Wildman–Crippen MR) is 68.4 cm³/mol. The van der Waals surface area contributed by atoms with Crippen LogP contribution in [0.1, 0.15) is 57.8 Å². The van der Waals surface area contributed by atoms with Gasteiger partial charge in [0.15, 0.2) is 0 Å². The van der Waals surface area contributed by atoms with Crippen LogP contribution in [0.15, 0.2) is 0 Å². The van der Waals surface area contributed by atoms with Crippen molar-refractivity contribution in [3.05, 3.63) is 0 Å². The molecule has 3 unspecified atom stereocenters. The van der Waals surface area contributed by atoms with Gasteiger partial charge in [-0.3, -0.25) is 9.47 Å². The Kier molecular flexibility index (Phi) is 3.10. The maximum Gasteiger partial charge on any atom is 0.413 e. The van der Waals surface area contributed by atoms with Gasteiger partial charge in [0.1, 0.15) is 0 Å². The summed E-state index contributed by atoms with van der Waals surface area (Å²) in [5.41, 5.74) is -0.0419. The molecule has 2 aliphatic heterocycles. The van der Waals surface area contributed by atoms with Crippen LogP contribution in [0.5, 0.6) is 0 Å². The average molecular weight is 268 g/mol. The molecule has 0 radical (unpaired) electrons. The lowest BCUT2D eigenvalue weighted by Gasteiger charge is -2.50. The zero-order valence-corrected chi connectivity index (χ0v) is 11.6. The first kappa shape index (κ1) is 12.6. The van der Waals surface area contributed by atoms with Crippen LogP contribution in [0.2, 0.25) is 0 Å². The molecule has 0 aromatic heterocycles. The molecule has 0 bridgehead atoms. The van der Waals surface area contributed by atoms with Crippen LogP contribution in [0.4, 0.5) is 0 Å². The van der Waals surface area contributed by atoms with Crippen molar-refractivity contribution in [1.82, 2.24) is 0 Å². The van der Waals surface area contributed by atoms with E-state index in [1.165, 1.54) is 32.1 Å². The number of fused-ring (bicyclic) bond motifs is 1. The Hall–Kier alpha value is -0.160. The molecule has 0 amide bonds. The van der Waals surface area contributed by atoms with E-state index in [2.05, 4.69) is 0 Å². The zero-order valence-electron chi connectivity index (χ0n) is 11.6. The highest BCUT2D eigenvalue weighted by Gasteiger charge is 2.54. The molecule has 0 N–H and O–H groups in total. The second-order valence-corrected chi connectivity index (χ2v) is 6.60. The molecule has 4 heteroatoms. The van der Waals surface area contributed by atoms with Gasteiger partial charge in [-0.15, -0.1) is 0 Å². The fourth-order valence-corrected chi connectivity index (χ4v) is 4.16. The van der Waals surface area contributed by atoms with E-state index in [-0.39, 0.29) is 11.7 Å². The fraction of sp³-hybridized carbons (Fsp3) is 1.00. The summed E-state index contributed by atoms with van der Waals surface area (Å²) in [6.45, 7) is 1.41. The van der Waals surface area contributed by atoms with Gasteiger partial charge >= 0.3 is 6.16 Å². The van der Waals surface area contributed by atoms with Crippen LogP contribution in [-0.4, -0.2) is 31.1 Å². The van der Waals surface area contributed by atoms with Crippen molar-refractivity contribution in [3.8, 4) is 0 Å². The third kappa shape index (κ3) is 2.23. The molecule has 4 aliphatic rings. The van der Waals surface area contributed by atoms with Crippen LogP contribution in [0.25, 0.3) is 0 Å². The van der Waals surface area contributed by atoms with Crippen LogP contribution in [0, 0.1) is 5.92 Å². The molecule has 2 saturated heterocycles. The molecule has 3 atom stereocenters. The molecule has 2 aliphatic carbocycles. The molecule has 2 spiro atoms. The maximum atomic E-state index is 6.25. The molecular formula is C15H24O4. The first-order valence-corrected chi connectivity index (χ1v) is 7.95. The van der Waals surface area contributed by atoms with Crippen LogP contribution < -0.4 is 0 Å². The van der Waals surface area contributed by atoms with Gasteiger partial charge in [-0.25, -0.2) is 0 Å². The Morgan fingerprint density at radius 1 is 0.842 bits per heavy atom. The zero-order chi connectivity index (χ0) is 12.8. The van der Waals surface area contributed by atoms with E-state index in [4.69, 9.17) is 18.9 Å². The van der Waals surface area contributed by atoms with E-state index in [9.17, 15) is 0 Å². The summed E-state index contributed by atoms with van der Waals surface area (Å²) in [6.07, 6.45) is 9.70. The monoisotopic (exact) mass is 268 g/mol. The maximum absolute atomic E-state index is 6.25. The second kappa shape index (κ2) is 4.69. The molecule has 19 heavy (non-hydrogen) atoms. The van der Waals surface area contributed by atoms with E-state index in [0.717, 1.165) is 32.3 Å². The first-order valence-electron chi connectivity index (χ1n) is 7.95. The first-order chi connectivity index (χ1) is 9.29. The fourth-order valence-electron chi connectivity index (χ4n) is 4.16. The van der Waals surface area contributed by atoms with E-state index in [0.29, 0.717) is 12.5 Å². The summed E-state index contributed by atoms with van der Waals surface area (Å²) in [7, 11) is 0. The molecule has 4 nitrogen and oxygen atoms in total. The van der Waals surface area contributed by atoms with E-state index >= 15 is 0 Å². The summed E-state index contributed by atoms with van der Waals surface area (Å²) in [5, 5.41) is 0. The van der Waals surface area contributed by atoms with Gasteiger partial charge in [0.25, 0.3) is 0 Å². The predicted octanol–water partition coefficient (Wildman–Crippen LogP) is 2.95. The number of hydrogen-bond acceptors (Lipinski definition) is 4. The minimum Gasteiger partial charge on any atom is -0.303 e. The van der Waals surface area contributed by atoms with Gasteiger partial charge in [0, 0.05) is 12.3 Å². The molecule has 2 heterocycles. The van der Waals surface area contributed by atoms with Crippen molar-refractivity contribution in [2.24, 2.45) is 5.92 Å². The Labute approximate surface area is 114 Å².